The van der Waals surface area contributed by atoms with E-state index >= 15 is 0 Å². The Hall–Kier alpha value is -1.97. The molecule has 0 aliphatic heterocycles. The molecular formula is C11H10FN3. The van der Waals surface area contributed by atoms with Gasteiger partial charge in [0.1, 0.15) is 12.1 Å². The molecule has 1 aromatic carbocycles. The van der Waals surface area contributed by atoms with Crippen molar-refractivity contribution in [1.29, 1.82) is 0 Å². The van der Waals surface area contributed by atoms with E-state index in [0.29, 0.717) is 11.4 Å². The van der Waals surface area contributed by atoms with E-state index in [-0.39, 0.29) is 5.82 Å². The van der Waals surface area contributed by atoms with Crippen molar-refractivity contribution >= 4 is 5.57 Å². The van der Waals surface area contributed by atoms with Crippen LogP contribution >= 0.6 is 0 Å². The molecule has 0 spiro atoms. The fraction of sp³-hybridized carbons (Fsp3) is 0.0909. The van der Waals surface area contributed by atoms with Crippen molar-refractivity contribution in [2.24, 2.45) is 0 Å². The lowest BCUT2D eigenvalue weighted by Crippen LogP contribution is -1.89. The Balaban J connectivity index is 2.48. The number of aromatic amines is 1. The van der Waals surface area contributed by atoms with Gasteiger partial charge in [-0.2, -0.15) is 5.10 Å². The quantitative estimate of drug-likeness (QED) is 0.815. The van der Waals surface area contributed by atoms with Gasteiger partial charge in [0.15, 0.2) is 5.82 Å². The standard InChI is InChI=1S/C11H10FN3/c1-7(2)8-3-4-9(10(12)5-8)11-13-6-14-15-11/h3-6H,1H2,2H3,(H,13,14,15). The molecule has 3 nitrogen and oxygen atoms in total. The fourth-order valence-electron chi connectivity index (χ4n) is 1.31. The first-order valence-corrected chi connectivity index (χ1v) is 4.49. The number of allylic oxidation sites excluding steroid dienone is 1. The minimum atomic E-state index is -0.327. The second kappa shape index (κ2) is 3.65. The summed E-state index contributed by atoms with van der Waals surface area (Å²) in [5.41, 5.74) is 2.03. The third-order valence-corrected chi connectivity index (χ3v) is 2.13. The van der Waals surface area contributed by atoms with Crippen LogP contribution in [-0.4, -0.2) is 15.2 Å². The summed E-state index contributed by atoms with van der Waals surface area (Å²) in [5.74, 6) is 0.105. The number of benzene rings is 1. The van der Waals surface area contributed by atoms with Crippen LogP contribution in [0.25, 0.3) is 17.0 Å². The molecule has 1 heterocycles. The number of nitrogens with one attached hydrogen (secondary N) is 1. The summed E-state index contributed by atoms with van der Waals surface area (Å²) < 4.78 is 13.6. The van der Waals surface area contributed by atoms with Gasteiger partial charge < -0.3 is 0 Å². The van der Waals surface area contributed by atoms with Crippen molar-refractivity contribution in [1.82, 2.24) is 15.2 Å². The Morgan fingerprint density at radius 2 is 2.27 bits per heavy atom. The van der Waals surface area contributed by atoms with E-state index in [4.69, 9.17) is 0 Å². The van der Waals surface area contributed by atoms with Crippen LogP contribution in [0.2, 0.25) is 0 Å². The Morgan fingerprint density at radius 1 is 1.47 bits per heavy atom. The Labute approximate surface area is 86.7 Å². The molecule has 4 heteroatoms. The van der Waals surface area contributed by atoms with Crippen molar-refractivity contribution < 1.29 is 4.39 Å². The van der Waals surface area contributed by atoms with E-state index in [1.165, 1.54) is 12.4 Å². The molecule has 1 N–H and O–H groups in total. The van der Waals surface area contributed by atoms with Crippen molar-refractivity contribution in [2.45, 2.75) is 6.92 Å². The lowest BCUT2D eigenvalue weighted by Gasteiger charge is -2.03. The molecule has 0 atom stereocenters. The normalized spacial score (nSPS) is 10.3. The van der Waals surface area contributed by atoms with Gasteiger partial charge in [-0.15, -0.1) is 0 Å². The molecule has 0 saturated carbocycles. The summed E-state index contributed by atoms with van der Waals surface area (Å²) >= 11 is 0. The van der Waals surface area contributed by atoms with Crippen LogP contribution in [-0.2, 0) is 0 Å². The molecule has 76 valence electrons. The molecule has 1 aromatic heterocycles. The molecule has 0 saturated heterocycles. The van der Waals surface area contributed by atoms with Crippen LogP contribution < -0.4 is 0 Å². The minimum absolute atomic E-state index is 0.327. The predicted molar refractivity (Wildman–Crippen MR) is 56.5 cm³/mol. The van der Waals surface area contributed by atoms with Crippen LogP contribution in [0.3, 0.4) is 0 Å². The van der Waals surface area contributed by atoms with Gasteiger partial charge in [-0.3, -0.25) is 5.10 Å². The topological polar surface area (TPSA) is 41.6 Å². The molecule has 15 heavy (non-hydrogen) atoms. The predicted octanol–water partition coefficient (Wildman–Crippen LogP) is 2.64. The van der Waals surface area contributed by atoms with Crippen molar-refractivity contribution in [3.63, 3.8) is 0 Å². The zero-order valence-corrected chi connectivity index (χ0v) is 8.29. The van der Waals surface area contributed by atoms with Gasteiger partial charge in [0.05, 0.1) is 5.56 Å². The zero-order valence-electron chi connectivity index (χ0n) is 8.29. The van der Waals surface area contributed by atoms with Gasteiger partial charge in [0, 0.05) is 0 Å². The molecular weight excluding hydrogens is 193 g/mol. The lowest BCUT2D eigenvalue weighted by molar-refractivity contribution is 0.629. The smallest absolute Gasteiger partial charge is 0.158 e. The van der Waals surface area contributed by atoms with E-state index in [9.17, 15) is 4.39 Å². The number of H-pyrrole nitrogens is 1. The highest BCUT2D eigenvalue weighted by Crippen LogP contribution is 2.22. The van der Waals surface area contributed by atoms with Crippen LogP contribution in [0.5, 0.6) is 0 Å². The van der Waals surface area contributed by atoms with Crippen LogP contribution in [0.1, 0.15) is 12.5 Å². The number of hydrogen-bond acceptors (Lipinski definition) is 2. The Bertz CT molecular complexity index is 489. The summed E-state index contributed by atoms with van der Waals surface area (Å²) in [6, 6.07) is 4.92. The molecule has 0 amide bonds. The average molecular weight is 203 g/mol. The molecule has 0 radical (unpaired) electrons. The monoisotopic (exact) mass is 203 g/mol. The van der Waals surface area contributed by atoms with E-state index in [1.54, 1.807) is 6.07 Å². The molecule has 0 fully saturated rings. The van der Waals surface area contributed by atoms with E-state index in [1.807, 2.05) is 13.0 Å². The van der Waals surface area contributed by atoms with E-state index in [0.717, 1.165) is 11.1 Å². The first-order valence-electron chi connectivity index (χ1n) is 4.49. The fourth-order valence-corrected chi connectivity index (χ4v) is 1.31. The van der Waals surface area contributed by atoms with Crippen molar-refractivity contribution in [2.75, 3.05) is 0 Å². The maximum atomic E-state index is 13.6. The molecule has 0 aliphatic carbocycles. The summed E-state index contributed by atoms with van der Waals surface area (Å²) in [4.78, 5) is 3.89. The van der Waals surface area contributed by atoms with Crippen LogP contribution in [0.4, 0.5) is 4.39 Å². The lowest BCUT2D eigenvalue weighted by atomic mass is 10.1. The molecule has 2 rings (SSSR count). The molecule has 0 unspecified atom stereocenters. The van der Waals surface area contributed by atoms with Crippen molar-refractivity contribution in [3.05, 3.63) is 42.5 Å². The summed E-state index contributed by atoms with van der Waals surface area (Å²) in [7, 11) is 0. The van der Waals surface area contributed by atoms with Gasteiger partial charge >= 0.3 is 0 Å². The van der Waals surface area contributed by atoms with Crippen LogP contribution in [0.15, 0.2) is 31.1 Å². The van der Waals surface area contributed by atoms with Gasteiger partial charge in [-0.25, -0.2) is 9.37 Å². The van der Waals surface area contributed by atoms with Gasteiger partial charge in [-0.05, 0) is 24.6 Å². The van der Waals surface area contributed by atoms with E-state index in [2.05, 4.69) is 21.8 Å². The highest BCUT2D eigenvalue weighted by molar-refractivity contribution is 5.65. The van der Waals surface area contributed by atoms with Gasteiger partial charge in [-0.1, -0.05) is 18.2 Å². The molecule has 2 aromatic rings. The number of rotatable bonds is 2. The SMILES string of the molecule is C=C(C)c1ccc(-c2ncn[nH]2)c(F)c1. The molecule has 0 aliphatic rings. The number of halogens is 1. The molecule has 0 bridgehead atoms. The summed E-state index contributed by atoms with van der Waals surface area (Å²) in [6.07, 6.45) is 1.35. The number of aromatic nitrogens is 3. The highest BCUT2D eigenvalue weighted by Gasteiger charge is 2.08. The third kappa shape index (κ3) is 1.79. The van der Waals surface area contributed by atoms with Gasteiger partial charge in [0.25, 0.3) is 0 Å². The third-order valence-electron chi connectivity index (χ3n) is 2.13. The second-order valence-corrected chi connectivity index (χ2v) is 3.31. The summed E-state index contributed by atoms with van der Waals surface area (Å²) in [6.45, 7) is 5.59. The number of nitrogens with zero attached hydrogens (tertiary/aromatic N) is 2. The minimum Gasteiger partial charge on any atom is -0.259 e. The maximum Gasteiger partial charge on any atom is 0.158 e. The van der Waals surface area contributed by atoms with Gasteiger partial charge in [0.2, 0.25) is 0 Å². The second-order valence-electron chi connectivity index (χ2n) is 3.31. The van der Waals surface area contributed by atoms with Crippen LogP contribution in [0, 0.1) is 5.82 Å². The average Bonchev–Trinajstić information content (AvgIpc) is 2.70. The first-order chi connectivity index (χ1) is 7.18. The number of hydrogen-bond donors (Lipinski definition) is 1. The maximum absolute atomic E-state index is 13.6. The summed E-state index contributed by atoms with van der Waals surface area (Å²) in [5, 5.41) is 6.30. The largest absolute Gasteiger partial charge is 0.259 e. The van der Waals surface area contributed by atoms with E-state index < -0.39 is 0 Å². The Morgan fingerprint density at radius 3 is 2.80 bits per heavy atom. The highest BCUT2D eigenvalue weighted by atomic mass is 19.1. The first kappa shape index (κ1) is 9.58. The Kier molecular flexibility index (Phi) is 2.33. The zero-order chi connectivity index (χ0) is 10.8. The van der Waals surface area contributed by atoms with Crippen molar-refractivity contribution in [3.8, 4) is 11.4 Å².